The average Bonchev–Trinajstić information content (AvgIpc) is 2.84. The molecule has 2 fully saturated rings. The molecule has 4 heteroatoms. The van der Waals surface area contributed by atoms with Gasteiger partial charge in [0, 0.05) is 36.6 Å². The smallest absolute Gasteiger partial charge is 0.192 e. The van der Waals surface area contributed by atoms with E-state index in [4.69, 9.17) is 9.15 Å². The standard InChI is InChI=1S/C17H22N2O2/c1-10-18-13-9-11(6-7-14(13)21-10)19-15-12-5-4-8-20-16(12)17(15,2)3/h6-7,9,12,15-16,19H,4-5,8H2,1-3H3. The molecule has 3 unspecified atom stereocenters. The third kappa shape index (κ3) is 1.96. The summed E-state index contributed by atoms with van der Waals surface area (Å²) in [6.07, 6.45) is 2.84. The van der Waals surface area contributed by atoms with Crippen molar-refractivity contribution in [2.45, 2.75) is 45.8 Å². The largest absolute Gasteiger partial charge is 0.441 e. The number of oxazole rings is 1. The van der Waals surface area contributed by atoms with E-state index in [1.807, 2.05) is 13.0 Å². The molecule has 1 aromatic carbocycles. The monoisotopic (exact) mass is 286 g/mol. The number of ether oxygens (including phenoxy) is 1. The van der Waals surface area contributed by atoms with Gasteiger partial charge < -0.3 is 14.5 Å². The lowest BCUT2D eigenvalue weighted by atomic mass is 9.55. The number of aromatic nitrogens is 1. The SMILES string of the molecule is Cc1nc2cc(NC3C4CCCOC4C3(C)C)ccc2o1. The Morgan fingerprint density at radius 1 is 1.33 bits per heavy atom. The first-order valence-corrected chi connectivity index (χ1v) is 7.81. The molecule has 1 aromatic heterocycles. The van der Waals surface area contributed by atoms with E-state index < -0.39 is 0 Å². The summed E-state index contributed by atoms with van der Waals surface area (Å²) in [6, 6.07) is 6.63. The number of benzene rings is 1. The summed E-state index contributed by atoms with van der Waals surface area (Å²) in [7, 11) is 0. The van der Waals surface area contributed by atoms with Gasteiger partial charge in [-0.2, -0.15) is 0 Å². The van der Waals surface area contributed by atoms with E-state index in [1.54, 1.807) is 0 Å². The molecule has 1 N–H and O–H groups in total. The van der Waals surface area contributed by atoms with Gasteiger partial charge in [0.2, 0.25) is 0 Å². The van der Waals surface area contributed by atoms with E-state index in [0.29, 0.717) is 24.0 Å². The fourth-order valence-corrected chi connectivity index (χ4v) is 4.13. The van der Waals surface area contributed by atoms with Crippen molar-refractivity contribution in [3.63, 3.8) is 0 Å². The van der Waals surface area contributed by atoms with Gasteiger partial charge in [0.1, 0.15) is 5.52 Å². The van der Waals surface area contributed by atoms with Crippen molar-refractivity contribution in [1.29, 1.82) is 0 Å². The molecule has 112 valence electrons. The lowest BCUT2D eigenvalue weighted by molar-refractivity contribution is -0.177. The Bertz CT molecular complexity index is 676. The molecule has 4 nitrogen and oxygen atoms in total. The van der Waals surface area contributed by atoms with Crippen molar-refractivity contribution in [2.24, 2.45) is 11.3 Å². The first-order chi connectivity index (χ1) is 10.1. The van der Waals surface area contributed by atoms with Crippen LogP contribution in [0.5, 0.6) is 0 Å². The van der Waals surface area contributed by atoms with Gasteiger partial charge in [0.15, 0.2) is 11.5 Å². The fraction of sp³-hybridized carbons (Fsp3) is 0.588. The first kappa shape index (κ1) is 13.1. The molecule has 2 aromatic rings. The maximum absolute atomic E-state index is 5.97. The van der Waals surface area contributed by atoms with Gasteiger partial charge >= 0.3 is 0 Å². The van der Waals surface area contributed by atoms with E-state index in [0.717, 1.165) is 23.4 Å². The Morgan fingerprint density at radius 3 is 3.05 bits per heavy atom. The summed E-state index contributed by atoms with van der Waals surface area (Å²) >= 11 is 0. The highest BCUT2D eigenvalue weighted by Crippen LogP contribution is 2.52. The number of nitrogens with one attached hydrogen (secondary N) is 1. The molecular weight excluding hydrogens is 264 g/mol. The molecule has 1 saturated carbocycles. The summed E-state index contributed by atoms with van der Waals surface area (Å²) in [5, 5.41) is 3.71. The number of nitrogens with zero attached hydrogens (tertiary/aromatic N) is 1. The molecule has 0 spiro atoms. The molecule has 4 rings (SSSR count). The van der Waals surface area contributed by atoms with Crippen molar-refractivity contribution in [2.75, 3.05) is 11.9 Å². The van der Waals surface area contributed by atoms with Crippen LogP contribution in [0.25, 0.3) is 11.1 Å². The number of rotatable bonds is 2. The number of anilines is 1. The van der Waals surface area contributed by atoms with E-state index in [2.05, 4.69) is 36.3 Å². The maximum atomic E-state index is 5.97. The second-order valence-electron chi connectivity index (χ2n) is 6.96. The van der Waals surface area contributed by atoms with Crippen LogP contribution in [0.15, 0.2) is 22.6 Å². The van der Waals surface area contributed by atoms with Crippen LogP contribution < -0.4 is 5.32 Å². The number of hydrogen-bond acceptors (Lipinski definition) is 4. The van der Waals surface area contributed by atoms with Crippen molar-refractivity contribution in [3.05, 3.63) is 24.1 Å². The van der Waals surface area contributed by atoms with Gasteiger partial charge in [-0.15, -0.1) is 0 Å². The van der Waals surface area contributed by atoms with Crippen LogP contribution in [0, 0.1) is 18.3 Å². The molecule has 1 saturated heterocycles. The Balaban J connectivity index is 1.59. The molecule has 0 bridgehead atoms. The minimum Gasteiger partial charge on any atom is -0.441 e. The number of fused-ring (bicyclic) bond motifs is 2. The molecular formula is C17H22N2O2. The average molecular weight is 286 g/mol. The summed E-state index contributed by atoms with van der Waals surface area (Å²) in [5.41, 5.74) is 3.08. The van der Waals surface area contributed by atoms with Gasteiger partial charge in [-0.25, -0.2) is 4.98 Å². The Morgan fingerprint density at radius 2 is 2.19 bits per heavy atom. The molecule has 0 amide bonds. The molecule has 2 heterocycles. The topological polar surface area (TPSA) is 47.3 Å². The van der Waals surface area contributed by atoms with Crippen LogP contribution in [0.1, 0.15) is 32.6 Å². The fourth-order valence-electron chi connectivity index (χ4n) is 4.13. The van der Waals surface area contributed by atoms with Crippen LogP contribution in [-0.4, -0.2) is 23.7 Å². The summed E-state index contributed by atoms with van der Waals surface area (Å²) in [5.74, 6) is 1.34. The third-order valence-electron chi connectivity index (χ3n) is 5.15. The maximum Gasteiger partial charge on any atom is 0.192 e. The van der Waals surface area contributed by atoms with Crippen molar-refractivity contribution < 1.29 is 9.15 Å². The van der Waals surface area contributed by atoms with Gasteiger partial charge in [-0.1, -0.05) is 13.8 Å². The molecule has 2 aliphatic rings. The molecule has 1 aliphatic carbocycles. The zero-order chi connectivity index (χ0) is 14.6. The highest BCUT2D eigenvalue weighted by Gasteiger charge is 2.57. The predicted octanol–water partition coefficient (Wildman–Crippen LogP) is 3.75. The molecule has 3 atom stereocenters. The van der Waals surface area contributed by atoms with Crippen LogP contribution in [0.4, 0.5) is 5.69 Å². The lowest BCUT2D eigenvalue weighted by Gasteiger charge is -2.60. The summed E-state index contributed by atoms with van der Waals surface area (Å²) in [6.45, 7) is 7.40. The van der Waals surface area contributed by atoms with Gasteiger partial charge in [-0.05, 0) is 31.0 Å². The zero-order valence-corrected chi connectivity index (χ0v) is 12.8. The van der Waals surface area contributed by atoms with E-state index >= 15 is 0 Å². The zero-order valence-electron chi connectivity index (χ0n) is 12.8. The second-order valence-corrected chi connectivity index (χ2v) is 6.96. The third-order valence-corrected chi connectivity index (χ3v) is 5.15. The Labute approximate surface area is 124 Å². The Hall–Kier alpha value is -1.55. The van der Waals surface area contributed by atoms with E-state index in [1.165, 1.54) is 12.8 Å². The van der Waals surface area contributed by atoms with Crippen molar-refractivity contribution in [1.82, 2.24) is 4.98 Å². The summed E-state index contributed by atoms with van der Waals surface area (Å²) in [4.78, 5) is 4.41. The van der Waals surface area contributed by atoms with Gasteiger partial charge in [0.05, 0.1) is 6.10 Å². The minimum absolute atomic E-state index is 0.180. The quantitative estimate of drug-likeness (QED) is 0.913. The van der Waals surface area contributed by atoms with Crippen LogP contribution in [-0.2, 0) is 4.74 Å². The van der Waals surface area contributed by atoms with Crippen LogP contribution in [0.2, 0.25) is 0 Å². The number of aryl methyl sites for hydroxylation is 1. The van der Waals surface area contributed by atoms with Crippen LogP contribution in [0.3, 0.4) is 0 Å². The van der Waals surface area contributed by atoms with Crippen molar-refractivity contribution in [3.8, 4) is 0 Å². The highest BCUT2D eigenvalue weighted by molar-refractivity contribution is 5.77. The first-order valence-electron chi connectivity index (χ1n) is 7.81. The molecule has 0 radical (unpaired) electrons. The lowest BCUT2D eigenvalue weighted by Crippen LogP contribution is -2.67. The normalized spacial score (nSPS) is 30.7. The van der Waals surface area contributed by atoms with Crippen molar-refractivity contribution >= 4 is 16.8 Å². The van der Waals surface area contributed by atoms with Gasteiger partial charge in [-0.3, -0.25) is 0 Å². The second kappa shape index (κ2) is 4.47. The summed E-state index contributed by atoms with van der Waals surface area (Å²) < 4.78 is 11.5. The predicted molar refractivity (Wildman–Crippen MR) is 82.4 cm³/mol. The molecule has 1 aliphatic heterocycles. The van der Waals surface area contributed by atoms with Gasteiger partial charge in [0.25, 0.3) is 0 Å². The van der Waals surface area contributed by atoms with E-state index in [9.17, 15) is 0 Å². The highest BCUT2D eigenvalue weighted by atomic mass is 16.5. The number of hydrogen-bond donors (Lipinski definition) is 1. The van der Waals surface area contributed by atoms with E-state index in [-0.39, 0.29) is 5.41 Å². The van der Waals surface area contributed by atoms with Crippen LogP contribution >= 0.6 is 0 Å². The minimum atomic E-state index is 0.180. The molecule has 21 heavy (non-hydrogen) atoms. The Kier molecular flexibility index (Phi) is 2.80.